The predicted octanol–water partition coefficient (Wildman–Crippen LogP) is -2.52. The normalized spacial score (nSPS) is 19.0. The molecule has 0 aromatic rings. The lowest BCUT2D eigenvalue weighted by Crippen LogP contribution is -2.55. The summed E-state index contributed by atoms with van der Waals surface area (Å²) in [5, 5.41) is 22.4. The maximum absolute atomic E-state index is 12.3. The number of amides is 3. The summed E-state index contributed by atoms with van der Waals surface area (Å²) >= 11 is 0. The van der Waals surface area contributed by atoms with Gasteiger partial charge < -0.3 is 31.5 Å². The molecule has 3 unspecified atom stereocenters. The van der Waals surface area contributed by atoms with Gasteiger partial charge in [-0.15, -0.1) is 0 Å². The summed E-state index contributed by atoms with van der Waals surface area (Å²) in [7, 11) is 0. The van der Waals surface area contributed by atoms with Crippen LogP contribution in [0.4, 0.5) is 0 Å². The number of carbonyl (C=O) groups excluding carboxylic acids is 3. The van der Waals surface area contributed by atoms with Crippen molar-refractivity contribution in [3.8, 4) is 0 Å². The molecule has 25 heavy (non-hydrogen) atoms. The number of rotatable bonds is 8. The highest BCUT2D eigenvalue weighted by atomic mass is 16.4. The van der Waals surface area contributed by atoms with Crippen molar-refractivity contribution in [3.05, 3.63) is 0 Å². The van der Waals surface area contributed by atoms with Gasteiger partial charge >= 0.3 is 11.9 Å². The van der Waals surface area contributed by atoms with Gasteiger partial charge in [0.15, 0.2) is 0 Å². The van der Waals surface area contributed by atoms with Gasteiger partial charge in [0.1, 0.15) is 18.1 Å². The van der Waals surface area contributed by atoms with E-state index in [4.69, 9.17) is 15.9 Å². The summed E-state index contributed by atoms with van der Waals surface area (Å²) in [6.07, 6.45) is 0.188. The molecule has 0 aliphatic carbocycles. The molecule has 140 valence electrons. The van der Waals surface area contributed by atoms with Crippen LogP contribution in [0.3, 0.4) is 0 Å². The fraction of sp³-hybridized carbons (Fsp3) is 0.643. The third-order valence-corrected chi connectivity index (χ3v) is 3.77. The van der Waals surface area contributed by atoms with Crippen molar-refractivity contribution in [3.63, 3.8) is 0 Å². The number of nitrogens with zero attached hydrogens (tertiary/aromatic N) is 1. The highest BCUT2D eigenvalue weighted by Gasteiger charge is 2.37. The zero-order valence-electron chi connectivity index (χ0n) is 13.7. The Kier molecular flexibility index (Phi) is 7.30. The molecule has 0 aromatic carbocycles. The Balaban J connectivity index is 2.74. The van der Waals surface area contributed by atoms with Crippen LogP contribution in [0.1, 0.15) is 26.2 Å². The number of nitrogens with two attached hydrogens (primary N) is 1. The number of carboxylic acid groups (broad SMARTS) is 2. The maximum Gasteiger partial charge on any atom is 0.326 e. The Morgan fingerprint density at radius 2 is 1.84 bits per heavy atom. The van der Waals surface area contributed by atoms with E-state index in [-0.39, 0.29) is 6.54 Å². The fourth-order valence-corrected chi connectivity index (χ4v) is 2.55. The molecule has 11 heteroatoms. The summed E-state index contributed by atoms with van der Waals surface area (Å²) in [5.41, 5.74) is 5.12. The molecule has 6 N–H and O–H groups in total. The zero-order valence-corrected chi connectivity index (χ0v) is 13.7. The molecular formula is C14H22N4O7. The van der Waals surface area contributed by atoms with Gasteiger partial charge in [-0.2, -0.15) is 0 Å². The molecule has 3 atom stereocenters. The van der Waals surface area contributed by atoms with E-state index in [1.54, 1.807) is 0 Å². The van der Waals surface area contributed by atoms with E-state index in [0.29, 0.717) is 12.8 Å². The predicted molar refractivity (Wildman–Crippen MR) is 83.2 cm³/mol. The number of carbonyl (C=O) groups is 5. The van der Waals surface area contributed by atoms with Crippen LogP contribution < -0.4 is 16.4 Å². The van der Waals surface area contributed by atoms with Crippen LogP contribution in [0.25, 0.3) is 0 Å². The molecular weight excluding hydrogens is 336 g/mol. The SMILES string of the molecule is CC(NC(=O)C(CC(=O)O)NC(=O)CN)C(=O)N1CCCC1C(=O)O. The standard InChI is InChI=1S/C14H22N4O7/c1-7(13(23)18-4-2-3-9(18)14(24)25)16-12(22)8(5-11(20)21)17-10(19)6-15/h7-9H,2-6,15H2,1H3,(H,16,22)(H,17,19)(H,20,21)(H,24,25). The van der Waals surface area contributed by atoms with Gasteiger partial charge in [-0.1, -0.05) is 0 Å². The Morgan fingerprint density at radius 3 is 2.36 bits per heavy atom. The van der Waals surface area contributed by atoms with Crippen molar-refractivity contribution in [2.24, 2.45) is 5.73 Å². The van der Waals surface area contributed by atoms with Crippen LogP contribution in [0.15, 0.2) is 0 Å². The number of carboxylic acids is 2. The summed E-state index contributed by atoms with van der Waals surface area (Å²) < 4.78 is 0. The summed E-state index contributed by atoms with van der Waals surface area (Å²) in [6, 6.07) is -3.41. The highest BCUT2D eigenvalue weighted by Crippen LogP contribution is 2.18. The number of likely N-dealkylation sites (tertiary alicyclic amines) is 1. The van der Waals surface area contributed by atoms with Crippen LogP contribution in [0.2, 0.25) is 0 Å². The van der Waals surface area contributed by atoms with Gasteiger partial charge in [-0.3, -0.25) is 19.2 Å². The van der Waals surface area contributed by atoms with E-state index in [9.17, 15) is 24.0 Å². The van der Waals surface area contributed by atoms with Gasteiger partial charge in [-0.05, 0) is 19.8 Å². The molecule has 1 rings (SSSR count). The summed E-state index contributed by atoms with van der Waals surface area (Å²) in [4.78, 5) is 58.9. The van der Waals surface area contributed by atoms with Crippen LogP contribution >= 0.6 is 0 Å². The van der Waals surface area contributed by atoms with Crippen molar-refractivity contribution in [2.45, 2.75) is 44.3 Å². The van der Waals surface area contributed by atoms with Gasteiger partial charge in [0, 0.05) is 6.54 Å². The average molecular weight is 358 g/mol. The number of hydrogen-bond acceptors (Lipinski definition) is 6. The minimum atomic E-state index is -1.39. The van der Waals surface area contributed by atoms with Crippen LogP contribution in [0.5, 0.6) is 0 Å². The van der Waals surface area contributed by atoms with E-state index in [2.05, 4.69) is 10.6 Å². The van der Waals surface area contributed by atoms with E-state index < -0.39 is 60.8 Å². The van der Waals surface area contributed by atoms with Gasteiger partial charge in [0.2, 0.25) is 17.7 Å². The summed E-state index contributed by atoms with van der Waals surface area (Å²) in [5.74, 6) is -4.61. The quantitative estimate of drug-likeness (QED) is 0.315. The molecule has 1 aliphatic heterocycles. The molecule has 1 aliphatic rings. The first-order valence-corrected chi connectivity index (χ1v) is 7.72. The van der Waals surface area contributed by atoms with Gasteiger partial charge in [-0.25, -0.2) is 4.79 Å². The van der Waals surface area contributed by atoms with E-state index in [1.807, 2.05) is 0 Å². The first-order valence-electron chi connectivity index (χ1n) is 7.72. The lowest BCUT2D eigenvalue weighted by Gasteiger charge is -2.26. The largest absolute Gasteiger partial charge is 0.481 e. The fourth-order valence-electron chi connectivity index (χ4n) is 2.55. The van der Waals surface area contributed by atoms with Gasteiger partial charge in [0.25, 0.3) is 0 Å². The van der Waals surface area contributed by atoms with Crippen molar-refractivity contribution in [1.82, 2.24) is 15.5 Å². The van der Waals surface area contributed by atoms with Crippen molar-refractivity contribution in [2.75, 3.05) is 13.1 Å². The lowest BCUT2D eigenvalue weighted by molar-refractivity contribution is -0.149. The van der Waals surface area contributed by atoms with Crippen LogP contribution in [-0.4, -0.2) is 76.0 Å². The van der Waals surface area contributed by atoms with E-state index >= 15 is 0 Å². The first-order chi connectivity index (χ1) is 11.7. The second kappa shape index (κ2) is 8.97. The van der Waals surface area contributed by atoms with Crippen LogP contribution in [0, 0.1) is 0 Å². The molecule has 1 fully saturated rings. The number of aliphatic carboxylic acids is 2. The first kappa shape index (κ1) is 20.4. The third kappa shape index (κ3) is 5.71. The lowest BCUT2D eigenvalue weighted by atomic mass is 10.1. The Morgan fingerprint density at radius 1 is 1.20 bits per heavy atom. The maximum atomic E-state index is 12.3. The molecule has 0 radical (unpaired) electrons. The Hall–Kier alpha value is -2.69. The monoisotopic (exact) mass is 358 g/mol. The number of hydrogen-bond donors (Lipinski definition) is 5. The molecule has 0 aromatic heterocycles. The van der Waals surface area contributed by atoms with E-state index in [0.717, 1.165) is 4.90 Å². The zero-order chi connectivity index (χ0) is 19.1. The van der Waals surface area contributed by atoms with Crippen molar-refractivity contribution >= 4 is 29.7 Å². The molecule has 1 heterocycles. The molecule has 1 saturated heterocycles. The molecule has 3 amide bonds. The topological polar surface area (TPSA) is 179 Å². The second-order valence-corrected chi connectivity index (χ2v) is 5.68. The minimum absolute atomic E-state index is 0.262. The molecule has 0 saturated carbocycles. The molecule has 0 bridgehead atoms. The minimum Gasteiger partial charge on any atom is -0.481 e. The average Bonchev–Trinajstić information content (AvgIpc) is 3.02. The Bertz CT molecular complexity index is 565. The van der Waals surface area contributed by atoms with Crippen molar-refractivity contribution < 1.29 is 34.2 Å². The highest BCUT2D eigenvalue weighted by molar-refractivity contribution is 5.95. The van der Waals surface area contributed by atoms with Gasteiger partial charge in [0.05, 0.1) is 13.0 Å². The third-order valence-electron chi connectivity index (χ3n) is 3.77. The number of nitrogens with one attached hydrogen (secondary N) is 2. The van der Waals surface area contributed by atoms with Crippen LogP contribution in [-0.2, 0) is 24.0 Å². The molecule has 11 nitrogen and oxygen atoms in total. The van der Waals surface area contributed by atoms with E-state index in [1.165, 1.54) is 6.92 Å². The second-order valence-electron chi connectivity index (χ2n) is 5.68. The summed E-state index contributed by atoms with van der Waals surface area (Å²) in [6.45, 7) is 1.20. The Labute approximate surface area is 143 Å². The van der Waals surface area contributed by atoms with Crippen molar-refractivity contribution in [1.29, 1.82) is 0 Å². The molecule has 0 spiro atoms. The smallest absolute Gasteiger partial charge is 0.326 e.